The summed E-state index contributed by atoms with van der Waals surface area (Å²) in [6.45, 7) is 0. The number of aromatic nitrogens is 1. The second kappa shape index (κ2) is 5.91. The zero-order valence-electron chi connectivity index (χ0n) is 9.72. The number of aliphatic carboxylic acids is 2. The molecule has 3 N–H and O–H groups in total. The Labute approximate surface area is 107 Å². The van der Waals surface area contributed by atoms with Gasteiger partial charge in [0.2, 0.25) is 12.4 Å². The largest absolute Gasteiger partial charge is 0.481 e. The molecule has 0 bridgehead atoms. The van der Waals surface area contributed by atoms with E-state index in [9.17, 15) is 19.5 Å². The molecule has 1 unspecified atom stereocenters. The van der Waals surface area contributed by atoms with Crippen molar-refractivity contribution in [2.45, 2.75) is 18.4 Å². The highest BCUT2D eigenvalue weighted by Gasteiger charge is 2.42. The monoisotopic (exact) mass is 270 g/mol. The van der Waals surface area contributed by atoms with E-state index in [2.05, 4.69) is 0 Å². The van der Waals surface area contributed by atoms with Gasteiger partial charge in [0.05, 0.1) is 12.8 Å². The molecule has 0 radical (unpaired) electrons. The molecule has 0 aliphatic carbocycles. The van der Waals surface area contributed by atoms with Gasteiger partial charge in [-0.1, -0.05) is 6.07 Å². The summed E-state index contributed by atoms with van der Waals surface area (Å²) in [5.74, 6) is -4.41. The first-order valence-electron chi connectivity index (χ1n) is 5.18. The van der Waals surface area contributed by atoms with Crippen LogP contribution in [0.25, 0.3) is 0 Å². The number of hydrogen-bond acceptors (Lipinski definition) is 5. The van der Waals surface area contributed by atoms with Crippen molar-refractivity contribution in [3.63, 3.8) is 0 Å². The Morgan fingerprint density at radius 3 is 2.11 bits per heavy atom. The van der Waals surface area contributed by atoms with Crippen molar-refractivity contribution in [1.29, 1.82) is 0 Å². The van der Waals surface area contributed by atoms with E-state index in [4.69, 9.17) is 15.1 Å². The molecule has 19 heavy (non-hydrogen) atoms. The molecule has 0 aliphatic rings. The van der Waals surface area contributed by atoms with E-state index >= 15 is 0 Å². The highest BCUT2D eigenvalue weighted by atomic mass is 16.7. The lowest BCUT2D eigenvalue weighted by Crippen LogP contribution is -2.50. The van der Waals surface area contributed by atoms with Gasteiger partial charge in [-0.3, -0.25) is 4.79 Å². The Kier molecular flexibility index (Phi) is 4.54. The fourth-order valence-electron chi connectivity index (χ4n) is 1.30. The van der Waals surface area contributed by atoms with Gasteiger partial charge >= 0.3 is 17.9 Å². The maximum Gasteiger partial charge on any atom is 0.383 e. The third-order valence-corrected chi connectivity index (χ3v) is 2.17. The van der Waals surface area contributed by atoms with Crippen LogP contribution in [0.5, 0.6) is 0 Å². The quantitative estimate of drug-likeness (QED) is 0.543. The standard InChI is InChI=1S/C11H11NO7/c13-8(14)6-11(18,10(16)17)7-9(15)19-12-4-2-1-3-5-12/h1-5,18H,6-7H2,(H-,13,14,16,17)/p+1. The molecule has 1 atom stereocenters. The van der Waals surface area contributed by atoms with Crippen LogP contribution in [0.1, 0.15) is 12.8 Å². The number of carbonyl (C=O) groups excluding carboxylic acids is 1. The van der Waals surface area contributed by atoms with Crippen LogP contribution in [-0.2, 0) is 14.4 Å². The molecule has 0 aliphatic heterocycles. The summed E-state index contributed by atoms with van der Waals surface area (Å²) < 4.78 is 1.01. The van der Waals surface area contributed by atoms with E-state index < -0.39 is 36.4 Å². The second-order valence-electron chi connectivity index (χ2n) is 3.78. The second-order valence-corrected chi connectivity index (χ2v) is 3.78. The fourth-order valence-corrected chi connectivity index (χ4v) is 1.30. The third-order valence-electron chi connectivity index (χ3n) is 2.17. The van der Waals surface area contributed by atoms with E-state index in [1.54, 1.807) is 18.2 Å². The van der Waals surface area contributed by atoms with Crippen molar-refractivity contribution in [1.82, 2.24) is 0 Å². The number of nitrogens with zero attached hydrogens (tertiary/aromatic N) is 1. The minimum absolute atomic E-state index is 0.976. The molecular formula is C11H12NO7+. The van der Waals surface area contributed by atoms with E-state index in [1.807, 2.05) is 0 Å². The average molecular weight is 270 g/mol. The summed E-state index contributed by atoms with van der Waals surface area (Å²) in [6, 6.07) is 4.80. The van der Waals surface area contributed by atoms with Crippen LogP contribution in [0.15, 0.2) is 30.6 Å². The third kappa shape index (κ3) is 4.36. The van der Waals surface area contributed by atoms with E-state index in [-0.39, 0.29) is 0 Å². The first-order valence-corrected chi connectivity index (χ1v) is 5.18. The molecule has 0 amide bonds. The molecule has 0 saturated heterocycles. The number of hydrogen-bond donors (Lipinski definition) is 3. The van der Waals surface area contributed by atoms with Gasteiger partial charge in [0.15, 0.2) is 5.60 Å². The van der Waals surface area contributed by atoms with E-state index in [0.29, 0.717) is 0 Å². The molecule has 1 aromatic rings. The van der Waals surface area contributed by atoms with Crippen LogP contribution >= 0.6 is 0 Å². The Hall–Kier alpha value is -2.48. The van der Waals surface area contributed by atoms with Gasteiger partial charge < -0.3 is 15.3 Å². The van der Waals surface area contributed by atoms with Gasteiger partial charge in [-0.25, -0.2) is 9.59 Å². The van der Waals surface area contributed by atoms with Gasteiger partial charge in [0.1, 0.15) is 0 Å². The van der Waals surface area contributed by atoms with E-state index in [1.165, 1.54) is 12.4 Å². The van der Waals surface area contributed by atoms with E-state index in [0.717, 1.165) is 4.73 Å². The first kappa shape index (κ1) is 14.6. The van der Waals surface area contributed by atoms with Gasteiger partial charge in [0.25, 0.3) is 0 Å². The topological polar surface area (TPSA) is 125 Å². The van der Waals surface area contributed by atoms with Gasteiger partial charge in [-0.15, -0.1) is 0 Å². The molecule has 1 aromatic heterocycles. The van der Waals surface area contributed by atoms with Crippen LogP contribution in [0.2, 0.25) is 0 Å². The fraction of sp³-hybridized carbons (Fsp3) is 0.273. The average Bonchev–Trinajstić information content (AvgIpc) is 2.28. The molecule has 102 valence electrons. The Balaban J connectivity index is 2.72. The lowest BCUT2D eigenvalue weighted by molar-refractivity contribution is -0.869. The summed E-state index contributed by atoms with van der Waals surface area (Å²) in [7, 11) is 0. The maximum atomic E-state index is 11.5. The number of carboxylic acid groups (broad SMARTS) is 2. The van der Waals surface area contributed by atoms with Crippen LogP contribution in [0.3, 0.4) is 0 Å². The minimum Gasteiger partial charge on any atom is -0.481 e. The molecule has 0 aromatic carbocycles. The van der Waals surface area contributed by atoms with Gasteiger partial charge in [-0.05, 0) is 0 Å². The number of carboxylic acids is 2. The van der Waals surface area contributed by atoms with Crippen LogP contribution in [0, 0.1) is 0 Å². The number of rotatable bonds is 6. The van der Waals surface area contributed by atoms with Crippen LogP contribution < -0.4 is 9.57 Å². The van der Waals surface area contributed by atoms with Gasteiger partial charge in [-0.2, -0.15) is 4.84 Å². The molecule has 8 heteroatoms. The van der Waals surface area contributed by atoms with Crippen molar-refractivity contribution < 1.29 is 39.3 Å². The van der Waals surface area contributed by atoms with Crippen molar-refractivity contribution in [3.05, 3.63) is 30.6 Å². The minimum atomic E-state index is -2.70. The lowest BCUT2D eigenvalue weighted by atomic mass is 9.96. The highest BCUT2D eigenvalue weighted by molar-refractivity contribution is 5.88. The van der Waals surface area contributed by atoms with Crippen molar-refractivity contribution >= 4 is 17.9 Å². The first-order chi connectivity index (χ1) is 8.83. The number of carbonyl (C=O) groups is 3. The SMILES string of the molecule is O=C(O)CC(O)(CC(=O)O[n+]1ccccc1)C(=O)O. The molecular weight excluding hydrogens is 258 g/mol. The maximum absolute atomic E-state index is 11.5. The molecule has 0 fully saturated rings. The summed E-state index contributed by atoms with van der Waals surface area (Å²) >= 11 is 0. The summed E-state index contributed by atoms with van der Waals surface area (Å²) in [5, 5.41) is 26.9. The predicted octanol–water partition coefficient (Wildman–Crippen LogP) is -1.39. The van der Waals surface area contributed by atoms with Crippen molar-refractivity contribution in [2.24, 2.45) is 0 Å². The zero-order chi connectivity index (χ0) is 14.5. The van der Waals surface area contributed by atoms with Crippen molar-refractivity contribution in [3.8, 4) is 0 Å². The normalized spacial score (nSPS) is 13.3. The Bertz CT molecular complexity index is 487. The molecule has 0 saturated carbocycles. The Morgan fingerprint density at radius 2 is 1.63 bits per heavy atom. The molecule has 1 heterocycles. The van der Waals surface area contributed by atoms with Crippen molar-refractivity contribution in [2.75, 3.05) is 0 Å². The summed E-state index contributed by atoms with van der Waals surface area (Å²) in [5.41, 5.74) is -2.70. The van der Waals surface area contributed by atoms with Crippen LogP contribution in [0.4, 0.5) is 0 Å². The summed E-state index contributed by atoms with van der Waals surface area (Å²) in [4.78, 5) is 37.5. The number of pyridine rings is 1. The molecule has 1 rings (SSSR count). The predicted molar refractivity (Wildman–Crippen MR) is 57.7 cm³/mol. The smallest absolute Gasteiger partial charge is 0.383 e. The lowest BCUT2D eigenvalue weighted by Gasteiger charge is -2.18. The van der Waals surface area contributed by atoms with Crippen LogP contribution in [-0.4, -0.2) is 38.8 Å². The molecule has 8 nitrogen and oxygen atoms in total. The Morgan fingerprint density at radius 1 is 1.05 bits per heavy atom. The number of aliphatic hydroxyl groups is 1. The van der Waals surface area contributed by atoms with Gasteiger partial charge in [0, 0.05) is 16.9 Å². The zero-order valence-corrected chi connectivity index (χ0v) is 9.72. The highest BCUT2D eigenvalue weighted by Crippen LogP contribution is 2.16. The molecule has 0 spiro atoms. The summed E-state index contributed by atoms with van der Waals surface area (Å²) in [6.07, 6.45) is 0.692.